The summed E-state index contributed by atoms with van der Waals surface area (Å²) in [6.45, 7) is 4.04. The van der Waals surface area contributed by atoms with Gasteiger partial charge in [0.25, 0.3) is 0 Å². The number of rotatable bonds is 7. The van der Waals surface area contributed by atoms with Crippen LogP contribution in [-0.2, 0) is 9.53 Å². The van der Waals surface area contributed by atoms with Gasteiger partial charge in [0, 0.05) is 6.42 Å². The summed E-state index contributed by atoms with van der Waals surface area (Å²) < 4.78 is 5.18. The third-order valence-electron chi connectivity index (χ3n) is 2.26. The average Bonchev–Trinajstić information content (AvgIpc) is 2.12. The van der Waals surface area contributed by atoms with E-state index in [-0.39, 0.29) is 12.2 Å². The highest BCUT2D eigenvalue weighted by Gasteiger charge is 2.10. The maximum atomic E-state index is 11.3. The Morgan fingerprint density at radius 3 is 2.43 bits per heavy atom. The van der Waals surface area contributed by atoms with Gasteiger partial charge >= 0.3 is 5.97 Å². The number of hydrogen-bond acceptors (Lipinski definition) is 3. The van der Waals surface area contributed by atoms with Crippen LogP contribution < -0.4 is 0 Å². The van der Waals surface area contributed by atoms with E-state index in [9.17, 15) is 4.79 Å². The molecule has 0 saturated carbocycles. The fourth-order valence-electron chi connectivity index (χ4n) is 1.05. The Morgan fingerprint density at radius 1 is 1.29 bits per heavy atom. The largest absolute Gasteiger partial charge is 0.447 e. The van der Waals surface area contributed by atoms with E-state index in [0.717, 1.165) is 12.8 Å². The molecule has 0 aromatic rings. The SMILES string of the molecule is CCCCCCC(=O)OC(C)N(C)C. The van der Waals surface area contributed by atoms with Crippen LogP contribution in [0.2, 0.25) is 0 Å². The first kappa shape index (κ1) is 13.4. The van der Waals surface area contributed by atoms with Crippen molar-refractivity contribution in [2.75, 3.05) is 14.1 Å². The first-order valence-electron chi connectivity index (χ1n) is 5.43. The third-order valence-corrected chi connectivity index (χ3v) is 2.26. The maximum absolute atomic E-state index is 11.3. The Bertz CT molecular complexity index is 157. The number of esters is 1. The van der Waals surface area contributed by atoms with Crippen molar-refractivity contribution >= 4 is 5.97 Å². The molecule has 0 rings (SSSR count). The van der Waals surface area contributed by atoms with Gasteiger partial charge in [-0.1, -0.05) is 26.2 Å². The molecule has 0 N–H and O–H groups in total. The summed E-state index contributed by atoms with van der Waals surface area (Å²) in [5, 5.41) is 0. The zero-order valence-electron chi connectivity index (χ0n) is 9.88. The molecular weight excluding hydrogens is 178 g/mol. The molecule has 0 saturated heterocycles. The molecule has 0 bridgehead atoms. The second kappa shape index (κ2) is 7.80. The van der Waals surface area contributed by atoms with Crippen LogP contribution in [0.15, 0.2) is 0 Å². The van der Waals surface area contributed by atoms with Crippen LogP contribution in [0.1, 0.15) is 46.0 Å². The van der Waals surface area contributed by atoms with E-state index >= 15 is 0 Å². The molecule has 0 spiro atoms. The summed E-state index contributed by atoms with van der Waals surface area (Å²) in [5.74, 6) is -0.0812. The Labute approximate surface area is 87.4 Å². The van der Waals surface area contributed by atoms with Crippen LogP contribution in [-0.4, -0.2) is 31.2 Å². The Morgan fingerprint density at radius 2 is 1.93 bits per heavy atom. The second-order valence-corrected chi connectivity index (χ2v) is 3.86. The Hall–Kier alpha value is -0.570. The van der Waals surface area contributed by atoms with E-state index < -0.39 is 0 Å². The summed E-state index contributed by atoms with van der Waals surface area (Å²) in [6, 6.07) is 0. The van der Waals surface area contributed by atoms with Crippen molar-refractivity contribution < 1.29 is 9.53 Å². The molecule has 0 aromatic carbocycles. The number of carbonyl (C=O) groups excluding carboxylic acids is 1. The number of unbranched alkanes of at least 4 members (excludes halogenated alkanes) is 3. The molecule has 1 unspecified atom stereocenters. The highest BCUT2D eigenvalue weighted by Crippen LogP contribution is 2.05. The van der Waals surface area contributed by atoms with Gasteiger partial charge in [-0.3, -0.25) is 9.69 Å². The van der Waals surface area contributed by atoms with Crippen LogP contribution in [0.3, 0.4) is 0 Å². The molecule has 0 aliphatic carbocycles. The van der Waals surface area contributed by atoms with E-state index in [1.54, 1.807) is 0 Å². The van der Waals surface area contributed by atoms with Crippen molar-refractivity contribution in [3.8, 4) is 0 Å². The minimum atomic E-state index is -0.117. The summed E-state index contributed by atoms with van der Waals surface area (Å²) in [7, 11) is 3.80. The van der Waals surface area contributed by atoms with E-state index in [4.69, 9.17) is 4.74 Å². The monoisotopic (exact) mass is 201 g/mol. The lowest BCUT2D eigenvalue weighted by atomic mass is 10.2. The smallest absolute Gasteiger partial charge is 0.307 e. The lowest BCUT2D eigenvalue weighted by Crippen LogP contribution is -2.29. The summed E-state index contributed by atoms with van der Waals surface area (Å²) in [4.78, 5) is 13.2. The standard InChI is InChI=1S/C11H23NO2/c1-5-6-7-8-9-11(13)14-10(2)12(3)4/h10H,5-9H2,1-4H3. The quantitative estimate of drug-likeness (QED) is 0.360. The minimum absolute atomic E-state index is 0.0812. The summed E-state index contributed by atoms with van der Waals surface area (Å²) in [5.41, 5.74) is 0. The molecule has 0 radical (unpaired) electrons. The molecule has 3 heteroatoms. The van der Waals surface area contributed by atoms with Crippen molar-refractivity contribution in [3.63, 3.8) is 0 Å². The molecule has 0 aliphatic heterocycles. The van der Waals surface area contributed by atoms with Crippen LogP contribution in [0, 0.1) is 0 Å². The van der Waals surface area contributed by atoms with Crippen LogP contribution in [0.4, 0.5) is 0 Å². The molecule has 0 fully saturated rings. The molecule has 0 aromatic heterocycles. The number of carbonyl (C=O) groups is 1. The van der Waals surface area contributed by atoms with Gasteiger partial charge in [0.05, 0.1) is 0 Å². The molecular formula is C11H23NO2. The number of nitrogens with zero attached hydrogens (tertiary/aromatic N) is 1. The lowest BCUT2D eigenvalue weighted by Gasteiger charge is -2.19. The van der Waals surface area contributed by atoms with Crippen molar-refractivity contribution in [1.82, 2.24) is 4.90 Å². The predicted molar refractivity (Wildman–Crippen MR) is 58.0 cm³/mol. The summed E-state index contributed by atoms with van der Waals surface area (Å²) in [6.07, 6.45) is 4.92. The van der Waals surface area contributed by atoms with E-state index in [0.29, 0.717) is 6.42 Å². The summed E-state index contributed by atoms with van der Waals surface area (Å²) >= 11 is 0. The topological polar surface area (TPSA) is 29.5 Å². The molecule has 0 heterocycles. The number of ether oxygens (including phenoxy) is 1. The van der Waals surface area contributed by atoms with Crippen LogP contribution >= 0.6 is 0 Å². The van der Waals surface area contributed by atoms with Crippen LogP contribution in [0.5, 0.6) is 0 Å². The first-order chi connectivity index (χ1) is 6.57. The fourth-order valence-corrected chi connectivity index (χ4v) is 1.05. The van der Waals surface area contributed by atoms with Crippen molar-refractivity contribution in [3.05, 3.63) is 0 Å². The molecule has 14 heavy (non-hydrogen) atoms. The highest BCUT2D eigenvalue weighted by atomic mass is 16.6. The maximum Gasteiger partial charge on any atom is 0.307 e. The lowest BCUT2D eigenvalue weighted by molar-refractivity contribution is -0.155. The Kier molecular flexibility index (Phi) is 7.48. The van der Waals surface area contributed by atoms with Gasteiger partial charge in [0.1, 0.15) is 0 Å². The Balaban J connectivity index is 3.45. The molecule has 84 valence electrons. The van der Waals surface area contributed by atoms with Gasteiger partial charge in [-0.05, 0) is 27.4 Å². The third kappa shape index (κ3) is 6.89. The second-order valence-electron chi connectivity index (χ2n) is 3.86. The molecule has 0 aliphatic rings. The van der Waals surface area contributed by atoms with E-state index in [1.807, 2.05) is 25.9 Å². The van der Waals surface area contributed by atoms with Gasteiger partial charge in [0.15, 0.2) is 6.23 Å². The minimum Gasteiger partial charge on any atom is -0.447 e. The van der Waals surface area contributed by atoms with Gasteiger partial charge < -0.3 is 4.74 Å². The molecule has 3 nitrogen and oxygen atoms in total. The van der Waals surface area contributed by atoms with Gasteiger partial charge in [-0.15, -0.1) is 0 Å². The zero-order chi connectivity index (χ0) is 11.0. The van der Waals surface area contributed by atoms with Crippen molar-refractivity contribution in [1.29, 1.82) is 0 Å². The predicted octanol–water partition coefficient (Wildman–Crippen LogP) is 2.41. The van der Waals surface area contributed by atoms with E-state index in [2.05, 4.69) is 6.92 Å². The van der Waals surface area contributed by atoms with Gasteiger partial charge in [-0.25, -0.2) is 0 Å². The number of hydrogen-bond donors (Lipinski definition) is 0. The zero-order valence-corrected chi connectivity index (χ0v) is 9.88. The van der Waals surface area contributed by atoms with E-state index in [1.165, 1.54) is 12.8 Å². The van der Waals surface area contributed by atoms with Crippen molar-refractivity contribution in [2.24, 2.45) is 0 Å². The average molecular weight is 201 g/mol. The first-order valence-corrected chi connectivity index (χ1v) is 5.43. The van der Waals surface area contributed by atoms with Crippen molar-refractivity contribution in [2.45, 2.75) is 52.2 Å². The van der Waals surface area contributed by atoms with Gasteiger partial charge in [-0.2, -0.15) is 0 Å². The van der Waals surface area contributed by atoms with Gasteiger partial charge in [0.2, 0.25) is 0 Å². The molecule has 0 amide bonds. The fraction of sp³-hybridized carbons (Fsp3) is 0.909. The van der Waals surface area contributed by atoms with Crippen LogP contribution in [0.25, 0.3) is 0 Å². The normalized spacial score (nSPS) is 12.9. The molecule has 1 atom stereocenters. The highest BCUT2D eigenvalue weighted by molar-refractivity contribution is 5.69.